The highest BCUT2D eigenvalue weighted by Gasteiger charge is 2.53. The molecule has 0 unspecified atom stereocenters. The highest BCUT2D eigenvalue weighted by molar-refractivity contribution is 5.46. The fraction of sp³-hybridized carbons (Fsp3) is 0.522. The van der Waals surface area contributed by atoms with Crippen molar-refractivity contribution < 1.29 is 5.11 Å². The molecule has 2 aliphatic heterocycles. The number of hydrogen-bond acceptors (Lipinski definition) is 5. The molecule has 2 fully saturated rings. The Bertz CT molecular complexity index is 840. The van der Waals surface area contributed by atoms with Crippen LogP contribution >= 0.6 is 0 Å². The van der Waals surface area contributed by atoms with Gasteiger partial charge in [0.25, 0.3) is 0 Å². The molecule has 0 saturated carbocycles. The van der Waals surface area contributed by atoms with Crippen molar-refractivity contribution in [2.75, 3.05) is 44.2 Å². The summed E-state index contributed by atoms with van der Waals surface area (Å²) in [6, 6.07) is 15.1. The number of aromatic nitrogens is 1. The van der Waals surface area contributed by atoms with Crippen LogP contribution in [0.25, 0.3) is 0 Å². The number of piperidine rings is 1. The largest absolute Gasteiger partial charge is 0.390 e. The molecule has 3 heterocycles. The summed E-state index contributed by atoms with van der Waals surface area (Å²) in [5.41, 5.74) is 3.71. The quantitative estimate of drug-likeness (QED) is 0.840. The highest BCUT2D eigenvalue weighted by atomic mass is 16.3. The third-order valence-corrected chi connectivity index (χ3v) is 7.08. The average molecular weight is 379 g/mol. The van der Waals surface area contributed by atoms with E-state index in [9.17, 15) is 5.11 Å². The first-order valence-corrected chi connectivity index (χ1v) is 10.6. The van der Waals surface area contributed by atoms with Gasteiger partial charge in [0.1, 0.15) is 5.82 Å². The van der Waals surface area contributed by atoms with Gasteiger partial charge in [-0.15, -0.1) is 0 Å². The van der Waals surface area contributed by atoms with E-state index in [2.05, 4.69) is 56.5 Å². The molecule has 0 bridgehead atoms. The standard InChI is InChI=1S/C23H30N4O/c1-17-5-4-8-20(25-17)26-13-15-27(16-14-26)21-18-6-2-3-7-19(18)23(22(21)28)9-11-24-12-10-23/h2-8,21-22,24,28H,9-16H2,1H3/t21-,22+/m0/s1. The van der Waals surface area contributed by atoms with Crippen LogP contribution < -0.4 is 10.2 Å². The molecule has 1 aliphatic carbocycles. The van der Waals surface area contributed by atoms with E-state index in [1.165, 1.54) is 11.1 Å². The number of fused-ring (bicyclic) bond motifs is 2. The minimum absolute atomic E-state index is 0.0816. The highest BCUT2D eigenvalue weighted by Crippen LogP contribution is 2.52. The van der Waals surface area contributed by atoms with Crippen molar-refractivity contribution in [1.82, 2.24) is 15.2 Å². The lowest BCUT2D eigenvalue weighted by molar-refractivity contribution is -0.00363. The van der Waals surface area contributed by atoms with E-state index in [0.29, 0.717) is 0 Å². The number of aliphatic hydroxyl groups is 1. The second kappa shape index (κ2) is 7.14. The summed E-state index contributed by atoms with van der Waals surface area (Å²) < 4.78 is 0. The fourth-order valence-corrected chi connectivity index (χ4v) is 5.61. The fourth-order valence-electron chi connectivity index (χ4n) is 5.61. The van der Waals surface area contributed by atoms with Crippen molar-refractivity contribution in [1.29, 1.82) is 0 Å². The van der Waals surface area contributed by atoms with Crippen LogP contribution in [0, 0.1) is 6.92 Å². The Labute approximate surface area is 167 Å². The van der Waals surface area contributed by atoms with Gasteiger partial charge in [0.15, 0.2) is 0 Å². The Kier molecular flexibility index (Phi) is 4.62. The molecule has 0 radical (unpaired) electrons. The second-order valence-electron chi connectivity index (χ2n) is 8.54. The first kappa shape index (κ1) is 18.1. The van der Waals surface area contributed by atoms with Crippen molar-refractivity contribution in [3.8, 4) is 0 Å². The van der Waals surface area contributed by atoms with Crippen LogP contribution in [0.2, 0.25) is 0 Å². The third-order valence-electron chi connectivity index (χ3n) is 7.08. The van der Waals surface area contributed by atoms with E-state index in [1.807, 2.05) is 13.0 Å². The predicted molar refractivity (Wildman–Crippen MR) is 112 cm³/mol. The molecule has 5 heteroatoms. The van der Waals surface area contributed by atoms with Crippen LogP contribution in [0.1, 0.15) is 35.7 Å². The summed E-state index contributed by atoms with van der Waals surface area (Å²) in [6.45, 7) is 7.85. The molecule has 0 amide bonds. The van der Waals surface area contributed by atoms with Crippen LogP contribution in [0.5, 0.6) is 0 Å². The third kappa shape index (κ3) is 2.84. The molecule has 1 aromatic heterocycles. The molecule has 5 nitrogen and oxygen atoms in total. The van der Waals surface area contributed by atoms with Gasteiger partial charge in [0.05, 0.1) is 12.1 Å². The number of nitrogens with zero attached hydrogens (tertiary/aromatic N) is 3. The summed E-state index contributed by atoms with van der Waals surface area (Å²) in [6.07, 6.45) is 1.72. The Morgan fingerprint density at radius 1 is 1.00 bits per heavy atom. The van der Waals surface area contributed by atoms with E-state index in [4.69, 9.17) is 0 Å². The van der Waals surface area contributed by atoms with Gasteiger partial charge >= 0.3 is 0 Å². The number of aryl methyl sites for hydroxylation is 1. The molecule has 1 aromatic carbocycles. The van der Waals surface area contributed by atoms with E-state index in [1.54, 1.807) is 0 Å². The van der Waals surface area contributed by atoms with Gasteiger partial charge in [0, 0.05) is 37.3 Å². The number of anilines is 1. The Balaban J connectivity index is 1.38. The van der Waals surface area contributed by atoms with Gasteiger partial charge in [-0.25, -0.2) is 4.98 Å². The van der Waals surface area contributed by atoms with Crippen LogP contribution in [0.4, 0.5) is 5.82 Å². The predicted octanol–water partition coefficient (Wildman–Crippen LogP) is 2.25. The van der Waals surface area contributed by atoms with Crippen molar-refractivity contribution in [2.24, 2.45) is 0 Å². The van der Waals surface area contributed by atoms with Gasteiger partial charge < -0.3 is 15.3 Å². The van der Waals surface area contributed by atoms with Crippen molar-refractivity contribution in [3.05, 3.63) is 59.3 Å². The van der Waals surface area contributed by atoms with E-state index in [-0.39, 0.29) is 17.6 Å². The maximum absolute atomic E-state index is 11.6. The molecule has 2 atom stereocenters. The molecule has 2 N–H and O–H groups in total. The maximum Gasteiger partial charge on any atom is 0.128 e. The molecule has 2 saturated heterocycles. The summed E-state index contributed by atoms with van der Waals surface area (Å²) in [5.74, 6) is 1.07. The summed E-state index contributed by atoms with van der Waals surface area (Å²) >= 11 is 0. The van der Waals surface area contributed by atoms with E-state index >= 15 is 0 Å². The van der Waals surface area contributed by atoms with Crippen LogP contribution in [0.15, 0.2) is 42.5 Å². The van der Waals surface area contributed by atoms with Crippen molar-refractivity contribution in [3.63, 3.8) is 0 Å². The van der Waals surface area contributed by atoms with Gasteiger partial charge in [-0.05, 0) is 56.1 Å². The molecule has 2 aromatic rings. The normalized spacial score (nSPS) is 27.1. The maximum atomic E-state index is 11.6. The molecule has 1 spiro atoms. The topological polar surface area (TPSA) is 51.6 Å². The monoisotopic (exact) mass is 378 g/mol. The number of pyridine rings is 1. The van der Waals surface area contributed by atoms with Gasteiger partial charge in [-0.2, -0.15) is 0 Å². The second-order valence-corrected chi connectivity index (χ2v) is 8.54. The summed E-state index contributed by atoms with van der Waals surface area (Å²) in [4.78, 5) is 9.57. The first-order chi connectivity index (χ1) is 13.7. The Morgan fingerprint density at radius 2 is 1.75 bits per heavy atom. The van der Waals surface area contributed by atoms with E-state index < -0.39 is 0 Å². The molecule has 3 aliphatic rings. The zero-order chi connectivity index (χ0) is 19.1. The SMILES string of the molecule is Cc1cccc(N2CCN([C@H]3c4ccccc4C4(CCNCC4)[C@@H]3O)CC2)n1. The number of nitrogens with one attached hydrogen (secondary N) is 1. The lowest BCUT2D eigenvalue weighted by Crippen LogP contribution is -2.53. The Hall–Kier alpha value is -1.95. The molecular formula is C23H30N4O. The molecule has 28 heavy (non-hydrogen) atoms. The van der Waals surface area contributed by atoms with Gasteiger partial charge in [-0.1, -0.05) is 30.3 Å². The van der Waals surface area contributed by atoms with Crippen LogP contribution in [0.3, 0.4) is 0 Å². The molecule has 5 rings (SSSR count). The van der Waals surface area contributed by atoms with Gasteiger partial charge in [-0.3, -0.25) is 4.90 Å². The van der Waals surface area contributed by atoms with Crippen molar-refractivity contribution >= 4 is 5.82 Å². The number of piperazine rings is 1. The number of benzene rings is 1. The van der Waals surface area contributed by atoms with Gasteiger partial charge in [0.2, 0.25) is 0 Å². The first-order valence-electron chi connectivity index (χ1n) is 10.6. The lowest BCUT2D eigenvalue weighted by atomic mass is 9.72. The molecular weight excluding hydrogens is 348 g/mol. The zero-order valence-corrected chi connectivity index (χ0v) is 16.6. The number of aliphatic hydroxyl groups excluding tert-OH is 1. The summed E-state index contributed by atoms with van der Waals surface area (Å²) in [5, 5.41) is 15.0. The minimum atomic E-state index is -0.323. The minimum Gasteiger partial charge on any atom is -0.390 e. The molecule has 148 valence electrons. The smallest absolute Gasteiger partial charge is 0.128 e. The average Bonchev–Trinajstić information content (AvgIpc) is 2.97. The van der Waals surface area contributed by atoms with Crippen LogP contribution in [-0.4, -0.2) is 60.4 Å². The number of hydrogen-bond donors (Lipinski definition) is 2. The van der Waals surface area contributed by atoms with E-state index in [0.717, 1.165) is 63.6 Å². The summed E-state index contributed by atoms with van der Waals surface area (Å²) in [7, 11) is 0. The lowest BCUT2D eigenvalue weighted by Gasteiger charge is -2.43. The van der Waals surface area contributed by atoms with Crippen molar-refractivity contribution in [2.45, 2.75) is 37.3 Å². The van der Waals surface area contributed by atoms with Crippen LogP contribution in [-0.2, 0) is 5.41 Å². The Morgan fingerprint density at radius 3 is 2.50 bits per heavy atom. The number of rotatable bonds is 2. The zero-order valence-electron chi connectivity index (χ0n) is 16.6.